The van der Waals surface area contributed by atoms with Crippen LogP contribution in [0, 0.1) is 6.92 Å². The molecule has 0 bridgehead atoms. The smallest absolute Gasteiger partial charge is 0.268 e. The molecule has 2 aromatic heterocycles. The van der Waals surface area contributed by atoms with E-state index in [0.29, 0.717) is 10.7 Å². The van der Waals surface area contributed by atoms with Gasteiger partial charge in [-0.1, -0.05) is 0 Å². The van der Waals surface area contributed by atoms with Gasteiger partial charge in [-0.25, -0.2) is 15.0 Å². The number of amides is 1. The molecule has 82 valence electrons. The topological polar surface area (TPSA) is 67.8 Å². The highest BCUT2D eigenvalue weighted by Crippen LogP contribution is 2.14. The first-order chi connectivity index (χ1) is 7.65. The first-order valence-corrected chi connectivity index (χ1v) is 5.57. The highest BCUT2D eigenvalue weighted by molar-refractivity contribution is 7.13. The molecule has 2 rings (SSSR count). The van der Waals surface area contributed by atoms with E-state index in [1.165, 1.54) is 23.7 Å². The Labute approximate surface area is 101 Å². The van der Waals surface area contributed by atoms with E-state index >= 15 is 0 Å². The maximum atomic E-state index is 11.7. The second kappa shape index (κ2) is 4.54. The van der Waals surface area contributed by atoms with Crippen LogP contribution in [-0.2, 0) is 0 Å². The lowest BCUT2D eigenvalue weighted by atomic mass is 10.5. The fraction of sp³-hybridized carbons (Fsp3) is 0.111. The molecule has 0 spiro atoms. The number of aryl methyl sites for hydroxylation is 1. The molecule has 2 heterocycles. The summed E-state index contributed by atoms with van der Waals surface area (Å²) in [6.45, 7) is 1.84. The third-order valence-corrected chi connectivity index (χ3v) is 2.81. The molecule has 16 heavy (non-hydrogen) atoms. The van der Waals surface area contributed by atoms with E-state index in [-0.39, 0.29) is 11.2 Å². The van der Waals surface area contributed by atoms with Gasteiger partial charge < -0.3 is 5.32 Å². The van der Waals surface area contributed by atoms with E-state index in [1.807, 2.05) is 6.92 Å². The SMILES string of the molecule is Cc1ncc(C(=O)Nc2ccnc(Cl)n2)s1. The first kappa shape index (κ1) is 11.0. The number of rotatable bonds is 2. The number of hydrogen-bond donors (Lipinski definition) is 1. The average molecular weight is 255 g/mol. The third-order valence-electron chi connectivity index (χ3n) is 1.71. The zero-order valence-electron chi connectivity index (χ0n) is 8.27. The minimum Gasteiger partial charge on any atom is -0.306 e. The molecule has 7 heteroatoms. The van der Waals surface area contributed by atoms with Crippen molar-refractivity contribution in [2.75, 3.05) is 5.32 Å². The normalized spacial score (nSPS) is 10.1. The average Bonchev–Trinajstić information content (AvgIpc) is 2.65. The lowest BCUT2D eigenvalue weighted by Gasteiger charge is -2.01. The van der Waals surface area contributed by atoms with Crippen LogP contribution in [0.25, 0.3) is 0 Å². The van der Waals surface area contributed by atoms with Gasteiger partial charge in [-0.2, -0.15) is 0 Å². The number of nitrogens with one attached hydrogen (secondary N) is 1. The molecule has 0 aliphatic heterocycles. The van der Waals surface area contributed by atoms with Gasteiger partial charge in [0.25, 0.3) is 5.91 Å². The summed E-state index contributed by atoms with van der Waals surface area (Å²) in [7, 11) is 0. The summed E-state index contributed by atoms with van der Waals surface area (Å²) in [4.78, 5) is 23.8. The first-order valence-electron chi connectivity index (χ1n) is 4.37. The van der Waals surface area contributed by atoms with Crippen molar-refractivity contribution in [1.29, 1.82) is 0 Å². The van der Waals surface area contributed by atoms with Crippen molar-refractivity contribution in [3.8, 4) is 0 Å². The number of hydrogen-bond acceptors (Lipinski definition) is 5. The monoisotopic (exact) mass is 254 g/mol. The van der Waals surface area contributed by atoms with Crippen molar-refractivity contribution in [2.24, 2.45) is 0 Å². The Morgan fingerprint density at radius 1 is 1.50 bits per heavy atom. The minimum absolute atomic E-state index is 0.0956. The number of nitrogens with zero attached hydrogens (tertiary/aromatic N) is 3. The number of halogens is 1. The maximum absolute atomic E-state index is 11.7. The van der Waals surface area contributed by atoms with Crippen molar-refractivity contribution in [3.63, 3.8) is 0 Å². The Kier molecular flexibility index (Phi) is 3.12. The van der Waals surface area contributed by atoms with Crippen molar-refractivity contribution in [1.82, 2.24) is 15.0 Å². The minimum atomic E-state index is -0.250. The van der Waals surface area contributed by atoms with Gasteiger partial charge in [-0.05, 0) is 24.6 Å². The molecule has 1 N–H and O–H groups in total. The van der Waals surface area contributed by atoms with Gasteiger partial charge in [0.05, 0.1) is 11.2 Å². The van der Waals surface area contributed by atoms with Crippen molar-refractivity contribution in [3.05, 3.63) is 33.6 Å². The van der Waals surface area contributed by atoms with E-state index < -0.39 is 0 Å². The highest BCUT2D eigenvalue weighted by Gasteiger charge is 2.09. The number of carbonyl (C=O) groups excluding carboxylic acids is 1. The van der Waals surface area contributed by atoms with Crippen LogP contribution >= 0.6 is 22.9 Å². The lowest BCUT2D eigenvalue weighted by molar-refractivity contribution is 0.103. The maximum Gasteiger partial charge on any atom is 0.268 e. The summed E-state index contributed by atoms with van der Waals surface area (Å²) in [5.74, 6) is 0.122. The van der Waals surface area contributed by atoms with Gasteiger partial charge in [0.2, 0.25) is 5.28 Å². The van der Waals surface area contributed by atoms with E-state index in [2.05, 4.69) is 20.3 Å². The number of thiazole rings is 1. The van der Waals surface area contributed by atoms with Gasteiger partial charge in [0.1, 0.15) is 10.7 Å². The molecule has 0 saturated carbocycles. The fourth-order valence-electron chi connectivity index (χ4n) is 1.05. The van der Waals surface area contributed by atoms with E-state index in [9.17, 15) is 4.79 Å². The molecule has 0 aliphatic carbocycles. The molecule has 2 aromatic rings. The van der Waals surface area contributed by atoms with Crippen molar-refractivity contribution < 1.29 is 4.79 Å². The number of anilines is 1. The van der Waals surface area contributed by atoms with Crippen LogP contribution in [0.1, 0.15) is 14.7 Å². The predicted octanol–water partition coefficient (Wildman–Crippen LogP) is 2.15. The lowest BCUT2D eigenvalue weighted by Crippen LogP contribution is -2.11. The number of carbonyl (C=O) groups is 1. The molecule has 0 unspecified atom stereocenters. The Bertz CT molecular complexity index is 528. The summed E-state index contributed by atoms with van der Waals surface area (Å²) >= 11 is 6.91. The van der Waals surface area contributed by atoms with Crippen LogP contribution in [0.3, 0.4) is 0 Å². The molecule has 1 amide bonds. The zero-order valence-corrected chi connectivity index (χ0v) is 9.84. The fourth-order valence-corrected chi connectivity index (χ4v) is 1.87. The standard InChI is InChI=1S/C9H7ClN4OS/c1-5-12-4-6(16-5)8(15)13-7-2-3-11-9(10)14-7/h2-4H,1H3,(H,11,13,14,15). The molecule has 0 aliphatic rings. The quantitative estimate of drug-likeness (QED) is 0.834. The summed E-state index contributed by atoms with van der Waals surface area (Å²) in [5.41, 5.74) is 0. The Morgan fingerprint density at radius 2 is 2.31 bits per heavy atom. The predicted molar refractivity (Wildman–Crippen MR) is 61.8 cm³/mol. The second-order valence-electron chi connectivity index (χ2n) is 2.91. The van der Waals surface area contributed by atoms with Crippen LogP contribution in [-0.4, -0.2) is 20.9 Å². The Hall–Kier alpha value is -1.53. The molecule has 0 atom stereocenters. The van der Waals surface area contributed by atoms with Gasteiger partial charge in [-0.15, -0.1) is 11.3 Å². The van der Waals surface area contributed by atoms with Gasteiger partial charge in [-0.3, -0.25) is 4.79 Å². The Balaban J connectivity index is 2.13. The summed E-state index contributed by atoms with van der Waals surface area (Å²) in [6.07, 6.45) is 3.00. The van der Waals surface area contributed by atoms with Crippen molar-refractivity contribution >= 4 is 34.7 Å². The highest BCUT2D eigenvalue weighted by atomic mass is 35.5. The molecule has 5 nitrogen and oxygen atoms in total. The van der Waals surface area contributed by atoms with Crippen LogP contribution < -0.4 is 5.32 Å². The Morgan fingerprint density at radius 3 is 2.94 bits per heavy atom. The van der Waals surface area contributed by atoms with E-state index in [1.54, 1.807) is 6.07 Å². The third kappa shape index (κ3) is 2.53. The number of aromatic nitrogens is 3. The van der Waals surface area contributed by atoms with Crippen LogP contribution in [0.4, 0.5) is 5.82 Å². The molecular weight excluding hydrogens is 248 g/mol. The summed E-state index contributed by atoms with van der Waals surface area (Å²) in [5, 5.41) is 3.54. The van der Waals surface area contributed by atoms with E-state index in [0.717, 1.165) is 5.01 Å². The van der Waals surface area contributed by atoms with E-state index in [4.69, 9.17) is 11.6 Å². The van der Waals surface area contributed by atoms with Gasteiger partial charge in [0, 0.05) is 6.20 Å². The van der Waals surface area contributed by atoms with Crippen LogP contribution in [0.2, 0.25) is 5.28 Å². The molecular formula is C9H7ClN4OS. The summed E-state index contributed by atoms with van der Waals surface area (Å²) < 4.78 is 0. The molecule has 0 aromatic carbocycles. The van der Waals surface area contributed by atoms with Crippen molar-refractivity contribution in [2.45, 2.75) is 6.92 Å². The molecule has 0 saturated heterocycles. The molecule has 0 radical (unpaired) electrons. The van der Waals surface area contributed by atoms with Gasteiger partial charge >= 0.3 is 0 Å². The summed E-state index contributed by atoms with van der Waals surface area (Å²) in [6, 6.07) is 1.57. The second-order valence-corrected chi connectivity index (χ2v) is 4.48. The van der Waals surface area contributed by atoms with Crippen LogP contribution in [0.5, 0.6) is 0 Å². The zero-order chi connectivity index (χ0) is 11.5. The van der Waals surface area contributed by atoms with Gasteiger partial charge in [0.15, 0.2) is 0 Å². The molecule has 0 fully saturated rings. The van der Waals surface area contributed by atoms with Crippen LogP contribution in [0.15, 0.2) is 18.5 Å². The largest absolute Gasteiger partial charge is 0.306 e.